The number of hydrogen-bond acceptors (Lipinski definition) is 6. The minimum absolute atomic E-state index is 0.518. The van der Waals surface area contributed by atoms with Crippen LogP contribution >= 0.6 is 0 Å². The Kier molecular flexibility index (Phi) is 3.73. The summed E-state index contributed by atoms with van der Waals surface area (Å²) < 4.78 is 7.41. The molecule has 0 aliphatic carbocycles. The van der Waals surface area contributed by atoms with Crippen molar-refractivity contribution >= 4 is 17.3 Å². The molecule has 0 spiro atoms. The topological polar surface area (TPSA) is 95.7 Å². The summed E-state index contributed by atoms with van der Waals surface area (Å²) in [6.07, 6.45) is 11.1. The van der Waals surface area contributed by atoms with E-state index >= 15 is 0 Å². The molecule has 0 aliphatic heterocycles. The Morgan fingerprint density at radius 1 is 0.931 bits per heavy atom. The van der Waals surface area contributed by atoms with Gasteiger partial charge >= 0.3 is 0 Å². The molecule has 5 aromatic rings. The standard InChI is InChI=1S/C19H20N10/c1-12-13(14-5-8-28(4)24-14)11-29-15(12)16(23-19-21-7-10-27(19)3)22-17(25-29)18-20-6-9-26(18)2/h5-11H,1-4H3,(H,21,22,23,25). The number of nitrogens with one attached hydrogen (secondary N) is 1. The third kappa shape index (κ3) is 2.76. The Morgan fingerprint density at radius 2 is 1.72 bits per heavy atom. The molecule has 5 aromatic heterocycles. The molecule has 0 unspecified atom stereocenters. The van der Waals surface area contributed by atoms with Gasteiger partial charge in [0.25, 0.3) is 0 Å². The predicted octanol–water partition coefficient (Wildman–Crippen LogP) is 2.32. The van der Waals surface area contributed by atoms with Gasteiger partial charge in [0.1, 0.15) is 5.52 Å². The molecule has 0 bridgehead atoms. The van der Waals surface area contributed by atoms with Crippen LogP contribution in [0.1, 0.15) is 5.56 Å². The lowest BCUT2D eigenvalue weighted by Crippen LogP contribution is -2.08. The molecular weight excluding hydrogens is 368 g/mol. The predicted molar refractivity (Wildman–Crippen MR) is 109 cm³/mol. The van der Waals surface area contributed by atoms with Crippen LogP contribution in [0.4, 0.5) is 11.8 Å². The highest BCUT2D eigenvalue weighted by Crippen LogP contribution is 2.32. The van der Waals surface area contributed by atoms with Gasteiger partial charge in [0.15, 0.2) is 11.6 Å². The number of aromatic nitrogens is 9. The highest BCUT2D eigenvalue weighted by atomic mass is 15.3. The van der Waals surface area contributed by atoms with Crippen molar-refractivity contribution in [3.8, 4) is 22.9 Å². The fourth-order valence-electron chi connectivity index (χ4n) is 3.40. The Hall–Kier alpha value is -3.95. The van der Waals surface area contributed by atoms with E-state index in [0.29, 0.717) is 23.4 Å². The number of nitrogens with zero attached hydrogens (tertiary/aromatic N) is 9. The number of hydrogen-bond donors (Lipinski definition) is 1. The zero-order valence-electron chi connectivity index (χ0n) is 16.6. The van der Waals surface area contributed by atoms with Gasteiger partial charge in [-0.2, -0.15) is 5.10 Å². The zero-order chi connectivity index (χ0) is 20.1. The van der Waals surface area contributed by atoms with Gasteiger partial charge in [0.05, 0.1) is 5.69 Å². The Morgan fingerprint density at radius 3 is 2.38 bits per heavy atom. The minimum atomic E-state index is 0.518. The van der Waals surface area contributed by atoms with Crippen molar-refractivity contribution in [2.75, 3.05) is 5.32 Å². The summed E-state index contributed by atoms with van der Waals surface area (Å²) >= 11 is 0. The van der Waals surface area contributed by atoms with E-state index in [2.05, 4.69) is 20.4 Å². The average Bonchev–Trinajstić information content (AvgIpc) is 3.45. The first-order valence-electron chi connectivity index (χ1n) is 9.13. The van der Waals surface area contributed by atoms with E-state index in [9.17, 15) is 0 Å². The van der Waals surface area contributed by atoms with Crippen LogP contribution in [0.15, 0.2) is 43.2 Å². The summed E-state index contributed by atoms with van der Waals surface area (Å²) in [5, 5.41) is 12.6. The maximum Gasteiger partial charge on any atom is 0.218 e. The van der Waals surface area contributed by atoms with Crippen LogP contribution in [0.2, 0.25) is 0 Å². The average molecular weight is 388 g/mol. The van der Waals surface area contributed by atoms with E-state index in [0.717, 1.165) is 22.3 Å². The van der Waals surface area contributed by atoms with Crippen LogP contribution in [0.3, 0.4) is 0 Å². The highest BCUT2D eigenvalue weighted by molar-refractivity contribution is 5.83. The molecule has 146 valence electrons. The van der Waals surface area contributed by atoms with Crippen LogP contribution in [-0.4, -0.2) is 43.5 Å². The maximum atomic E-state index is 4.79. The van der Waals surface area contributed by atoms with E-state index in [1.165, 1.54) is 0 Å². The monoisotopic (exact) mass is 388 g/mol. The SMILES string of the molecule is Cc1c(-c2ccn(C)n2)cn2nc(-c3nccn3C)nc(Nc3nccn3C)c12. The number of anilines is 2. The smallest absolute Gasteiger partial charge is 0.218 e. The summed E-state index contributed by atoms with van der Waals surface area (Å²) in [5.74, 6) is 2.55. The molecule has 0 amide bonds. The second-order valence-electron chi connectivity index (χ2n) is 6.97. The number of fused-ring (bicyclic) bond motifs is 1. The quantitative estimate of drug-likeness (QED) is 0.508. The van der Waals surface area contributed by atoms with E-state index in [-0.39, 0.29) is 0 Å². The van der Waals surface area contributed by atoms with E-state index in [1.54, 1.807) is 17.1 Å². The van der Waals surface area contributed by atoms with Gasteiger partial charge in [-0.3, -0.25) is 4.68 Å². The van der Waals surface area contributed by atoms with Crippen LogP contribution in [-0.2, 0) is 21.1 Å². The van der Waals surface area contributed by atoms with E-state index in [4.69, 9.17) is 10.1 Å². The molecule has 0 saturated carbocycles. The third-order valence-corrected chi connectivity index (χ3v) is 4.95. The van der Waals surface area contributed by atoms with Crippen molar-refractivity contribution in [3.05, 3.63) is 48.8 Å². The Bertz CT molecular complexity index is 1330. The van der Waals surface area contributed by atoms with E-state index in [1.807, 2.05) is 72.6 Å². The second-order valence-corrected chi connectivity index (χ2v) is 6.97. The molecule has 0 aliphatic rings. The largest absolute Gasteiger partial charge is 0.331 e. The number of imidazole rings is 2. The molecular formula is C19H20N10. The van der Waals surface area contributed by atoms with Crippen molar-refractivity contribution in [3.63, 3.8) is 0 Å². The van der Waals surface area contributed by atoms with Crippen molar-refractivity contribution in [1.29, 1.82) is 0 Å². The Labute approximate surface area is 166 Å². The van der Waals surface area contributed by atoms with Crippen molar-refractivity contribution < 1.29 is 0 Å². The fraction of sp³-hybridized carbons (Fsp3) is 0.211. The van der Waals surface area contributed by atoms with Gasteiger partial charge in [-0.25, -0.2) is 19.5 Å². The molecule has 0 atom stereocenters. The first-order valence-corrected chi connectivity index (χ1v) is 9.13. The summed E-state index contributed by atoms with van der Waals surface area (Å²) in [4.78, 5) is 13.6. The first kappa shape index (κ1) is 17.2. The molecule has 1 N–H and O–H groups in total. The van der Waals surface area contributed by atoms with Crippen molar-refractivity contribution in [1.82, 2.24) is 43.5 Å². The lowest BCUT2D eigenvalue weighted by molar-refractivity contribution is 0.770. The van der Waals surface area contributed by atoms with Gasteiger partial charge in [-0.1, -0.05) is 0 Å². The minimum Gasteiger partial charge on any atom is -0.331 e. The van der Waals surface area contributed by atoms with Crippen molar-refractivity contribution in [2.24, 2.45) is 21.1 Å². The summed E-state index contributed by atoms with van der Waals surface area (Å²) in [6, 6.07) is 1.99. The third-order valence-electron chi connectivity index (χ3n) is 4.95. The Balaban J connectivity index is 1.75. The lowest BCUT2D eigenvalue weighted by atomic mass is 10.1. The van der Waals surface area contributed by atoms with Crippen LogP contribution in [0.25, 0.3) is 28.4 Å². The molecule has 5 rings (SSSR count). The van der Waals surface area contributed by atoms with Gasteiger partial charge in [-0.05, 0) is 18.6 Å². The van der Waals surface area contributed by atoms with E-state index < -0.39 is 0 Å². The fourth-order valence-corrected chi connectivity index (χ4v) is 3.40. The first-order chi connectivity index (χ1) is 14.0. The highest BCUT2D eigenvalue weighted by Gasteiger charge is 2.20. The molecule has 0 saturated heterocycles. The van der Waals surface area contributed by atoms with Gasteiger partial charge in [0.2, 0.25) is 11.8 Å². The molecule has 10 nitrogen and oxygen atoms in total. The lowest BCUT2D eigenvalue weighted by Gasteiger charge is -2.10. The van der Waals surface area contributed by atoms with Gasteiger partial charge in [0, 0.05) is 63.9 Å². The van der Waals surface area contributed by atoms with Gasteiger partial charge in [-0.15, -0.1) is 5.10 Å². The molecule has 29 heavy (non-hydrogen) atoms. The molecule has 0 fully saturated rings. The zero-order valence-corrected chi connectivity index (χ0v) is 16.6. The van der Waals surface area contributed by atoms with Crippen LogP contribution in [0.5, 0.6) is 0 Å². The molecule has 5 heterocycles. The number of aryl methyl sites for hydroxylation is 4. The molecule has 0 aromatic carbocycles. The van der Waals surface area contributed by atoms with Gasteiger partial charge < -0.3 is 14.5 Å². The second kappa shape index (κ2) is 6.30. The summed E-state index contributed by atoms with van der Waals surface area (Å²) in [5.41, 5.74) is 3.79. The number of rotatable bonds is 4. The van der Waals surface area contributed by atoms with Crippen LogP contribution in [0, 0.1) is 6.92 Å². The van der Waals surface area contributed by atoms with Crippen molar-refractivity contribution in [2.45, 2.75) is 6.92 Å². The molecule has 10 heteroatoms. The van der Waals surface area contributed by atoms with Crippen LogP contribution < -0.4 is 5.32 Å². The normalized spacial score (nSPS) is 11.4. The molecule has 0 radical (unpaired) electrons. The maximum absolute atomic E-state index is 4.79. The summed E-state index contributed by atoms with van der Waals surface area (Å²) in [6.45, 7) is 2.05. The summed E-state index contributed by atoms with van der Waals surface area (Å²) in [7, 11) is 5.75.